The highest BCUT2D eigenvalue weighted by atomic mass is 32.2. The molecule has 0 unspecified atom stereocenters. The number of fused-ring (bicyclic) bond motifs is 1. The quantitative estimate of drug-likeness (QED) is 0.626. The Bertz CT molecular complexity index is 1200. The van der Waals surface area contributed by atoms with Gasteiger partial charge in [-0.2, -0.15) is 17.1 Å². The molecule has 156 valence electrons. The zero-order chi connectivity index (χ0) is 20.8. The van der Waals surface area contributed by atoms with Gasteiger partial charge in [0.05, 0.1) is 18.0 Å². The third-order valence-corrected chi connectivity index (χ3v) is 7.27. The molecule has 1 aromatic carbocycles. The van der Waals surface area contributed by atoms with Crippen molar-refractivity contribution in [2.24, 2.45) is 4.40 Å². The number of aromatic amines is 1. The number of piperazine rings is 1. The summed E-state index contributed by atoms with van der Waals surface area (Å²) in [6, 6.07) is 9.06. The van der Waals surface area contributed by atoms with Gasteiger partial charge in [0, 0.05) is 32.0 Å². The van der Waals surface area contributed by atoms with Gasteiger partial charge < -0.3 is 14.6 Å². The first-order valence-corrected chi connectivity index (χ1v) is 11.2. The van der Waals surface area contributed by atoms with E-state index in [9.17, 15) is 8.42 Å². The maximum absolute atomic E-state index is 13.0. The van der Waals surface area contributed by atoms with Gasteiger partial charge in [-0.05, 0) is 48.7 Å². The van der Waals surface area contributed by atoms with E-state index in [1.54, 1.807) is 35.7 Å². The van der Waals surface area contributed by atoms with Gasteiger partial charge in [0.15, 0.2) is 0 Å². The number of ether oxygens (including phenoxy) is 1. The fourth-order valence-corrected chi connectivity index (χ4v) is 5.45. The molecule has 2 fully saturated rings. The second-order valence-electron chi connectivity index (χ2n) is 7.64. The number of benzene rings is 1. The monoisotopic (exact) mass is 426 g/mol. The Labute approximate surface area is 174 Å². The van der Waals surface area contributed by atoms with Crippen LogP contribution in [0.15, 0.2) is 47.3 Å². The van der Waals surface area contributed by atoms with Crippen molar-refractivity contribution < 1.29 is 13.2 Å². The average molecular weight is 427 g/mol. The van der Waals surface area contributed by atoms with Gasteiger partial charge in [-0.3, -0.25) is 0 Å². The average Bonchev–Trinajstić information content (AvgIpc) is 3.33. The van der Waals surface area contributed by atoms with E-state index in [0.29, 0.717) is 30.9 Å². The number of nitrogens with one attached hydrogen (secondary N) is 1. The molecular formula is C20H22N6O3S. The smallest absolute Gasteiger partial charge is 0.322 e. The third-order valence-electron chi connectivity index (χ3n) is 5.78. The maximum Gasteiger partial charge on any atom is 0.322 e. The molecular weight excluding hydrogens is 404 g/mol. The van der Waals surface area contributed by atoms with Crippen LogP contribution >= 0.6 is 0 Å². The summed E-state index contributed by atoms with van der Waals surface area (Å²) in [7, 11) is -2.19. The molecule has 1 spiro atoms. The Balaban J connectivity index is 1.36. The summed E-state index contributed by atoms with van der Waals surface area (Å²) in [5, 5.41) is 0.946. The maximum atomic E-state index is 13.0. The first-order chi connectivity index (χ1) is 14.5. The summed E-state index contributed by atoms with van der Waals surface area (Å²) in [6.07, 6.45) is 6.41. The highest BCUT2D eigenvalue weighted by Gasteiger charge is 2.56. The number of aromatic nitrogens is 3. The topological polar surface area (TPSA) is 104 Å². The molecule has 3 aromatic rings. The number of nitrogens with zero attached hydrogens (tertiary/aromatic N) is 5. The molecule has 0 bridgehead atoms. The Morgan fingerprint density at radius 1 is 1.17 bits per heavy atom. The van der Waals surface area contributed by atoms with E-state index in [1.165, 1.54) is 12.5 Å². The van der Waals surface area contributed by atoms with Crippen LogP contribution in [0.3, 0.4) is 0 Å². The minimum Gasteiger partial charge on any atom is -0.497 e. The number of anilines is 1. The molecule has 1 aliphatic heterocycles. The van der Waals surface area contributed by atoms with Crippen molar-refractivity contribution in [2.45, 2.75) is 18.4 Å². The van der Waals surface area contributed by atoms with Gasteiger partial charge in [0.25, 0.3) is 0 Å². The number of hydrogen-bond acceptors (Lipinski definition) is 6. The highest BCUT2D eigenvalue weighted by Crippen LogP contribution is 2.47. The van der Waals surface area contributed by atoms with E-state index in [2.05, 4.69) is 24.2 Å². The minimum absolute atomic E-state index is 0.373. The molecule has 1 aliphatic carbocycles. The van der Waals surface area contributed by atoms with Crippen molar-refractivity contribution in [2.75, 3.05) is 31.6 Å². The third kappa shape index (κ3) is 3.31. The molecule has 3 heterocycles. The molecule has 2 aliphatic rings. The summed E-state index contributed by atoms with van der Waals surface area (Å²) < 4.78 is 36.7. The van der Waals surface area contributed by atoms with Crippen LogP contribution in [-0.4, -0.2) is 66.2 Å². The van der Waals surface area contributed by atoms with Gasteiger partial charge in [0.1, 0.15) is 23.5 Å². The van der Waals surface area contributed by atoms with E-state index in [1.807, 2.05) is 12.3 Å². The Kier molecular flexibility index (Phi) is 4.48. The van der Waals surface area contributed by atoms with Crippen molar-refractivity contribution >= 4 is 33.3 Å². The second kappa shape index (κ2) is 7.06. The largest absolute Gasteiger partial charge is 0.497 e. The number of methoxy groups -OCH3 is 1. The van der Waals surface area contributed by atoms with E-state index < -0.39 is 15.7 Å². The van der Waals surface area contributed by atoms with Crippen molar-refractivity contribution in [3.8, 4) is 5.75 Å². The Hall–Kier alpha value is -2.98. The first-order valence-electron chi connectivity index (χ1n) is 9.76. The summed E-state index contributed by atoms with van der Waals surface area (Å²) in [5.41, 5.74) is 1.07. The van der Waals surface area contributed by atoms with Crippen LogP contribution < -0.4 is 9.64 Å². The number of H-pyrrole nitrogens is 1. The van der Waals surface area contributed by atoms with Gasteiger partial charge in [0.2, 0.25) is 0 Å². The predicted molar refractivity (Wildman–Crippen MR) is 114 cm³/mol. The van der Waals surface area contributed by atoms with Crippen LogP contribution in [0.25, 0.3) is 11.0 Å². The van der Waals surface area contributed by atoms with Crippen molar-refractivity contribution in [1.82, 2.24) is 19.3 Å². The van der Waals surface area contributed by atoms with Crippen molar-refractivity contribution in [1.29, 1.82) is 0 Å². The van der Waals surface area contributed by atoms with Crippen LogP contribution in [0.5, 0.6) is 5.75 Å². The zero-order valence-electron chi connectivity index (χ0n) is 16.5. The lowest BCUT2D eigenvalue weighted by atomic mass is 10.2. The van der Waals surface area contributed by atoms with Gasteiger partial charge in [-0.1, -0.05) is 0 Å². The predicted octanol–water partition coefficient (Wildman–Crippen LogP) is 1.98. The number of hydrogen-bond donors (Lipinski definition) is 1. The summed E-state index contributed by atoms with van der Waals surface area (Å²) in [6.45, 7) is 1.52. The normalized spacial score (nSPS) is 19.0. The van der Waals surface area contributed by atoms with E-state index in [-0.39, 0.29) is 0 Å². The van der Waals surface area contributed by atoms with Crippen molar-refractivity contribution in [3.63, 3.8) is 0 Å². The lowest BCUT2D eigenvalue weighted by Crippen LogP contribution is -2.56. The Morgan fingerprint density at radius 3 is 2.70 bits per heavy atom. The molecule has 10 heteroatoms. The summed E-state index contributed by atoms with van der Waals surface area (Å²) in [5.74, 6) is 1.55. The molecule has 1 saturated heterocycles. The summed E-state index contributed by atoms with van der Waals surface area (Å²) >= 11 is 0. The lowest BCUT2D eigenvalue weighted by Gasteiger charge is -2.40. The van der Waals surface area contributed by atoms with Crippen molar-refractivity contribution in [3.05, 3.63) is 48.4 Å². The first kappa shape index (κ1) is 19.0. The molecule has 0 amide bonds. The van der Waals surface area contributed by atoms with Crippen LogP contribution in [0.2, 0.25) is 0 Å². The van der Waals surface area contributed by atoms with E-state index >= 15 is 0 Å². The molecule has 1 N–H and O–H groups in total. The highest BCUT2D eigenvalue weighted by molar-refractivity contribution is 7.88. The van der Waals surface area contributed by atoms with Gasteiger partial charge in [-0.15, -0.1) is 0 Å². The number of rotatable bonds is 5. The molecule has 5 rings (SSSR count). The van der Waals surface area contributed by atoms with Crippen LogP contribution in [0.1, 0.15) is 18.4 Å². The SMILES string of the molecule is COc1ccc(/C=N\S(=O)(=O)N2CCN(c3ncnc4[nH]ccc34)CC23CC3)cc1. The van der Waals surface area contributed by atoms with Crippen LogP contribution in [-0.2, 0) is 10.2 Å². The van der Waals surface area contributed by atoms with E-state index in [0.717, 1.165) is 29.7 Å². The molecule has 0 radical (unpaired) electrons. The second-order valence-corrected chi connectivity index (χ2v) is 9.19. The minimum atomic E-state index is -3.77. The Morgan fingerprint density at radius 2 is 1.97 bits per heavy atom. The molecule has 2 aromatic heterocycles. The standard InChI is InChI=1S/C20H22N6O3S/c1-29-16-4-2-15(3-5-16)12-24-30(27,28)26-11-10-25(13-20(26)7-8-20)19-17-6-9-21-18(17)22-14-23-19/h2-6,9,12,14H,7-8,10-11,13H2,1H3,(H,21,22,23)/b24-12-. The van der Waals surface area contributed by atoms with Gasteiger partial charge >= 0.3 is 10.2 Å². The van der Waals surface area contributed by atoms with Gasteiger partial charge in [-0.25, -0.2) is 9.97 Å². The summed E-state index contributed by atoms with van der Waals surface area (Å²) in [4.78, 5) is 14.0. The fourth-order valence-electron chi connectivity index (χ4n) is 4.04. The van der Waals surface area contributed by atoms with E-state index in [4.69, 9.17) is 4.74 Å². The fraction of sp³-hybridized carbons (Fsp3) is 0.350. The zero-order valence-corrected chi connectivity index (χ0v) is 17.3. The molecule has 9 nitrogen and oxygen atoms in total. The molecule has 1 saturated carbocycles. The van der Waals surface area contributed by atoms with Crippen LogP contribution in [0.4, 0.5) is 5.82 Å². The van der Waals surface area contributed by atoms with Crippen LogP contribution in [0, 0.1) is 0 Å². The lowest BCUT2D eigenvalue weighted by molar-refractivity contribution is 0.271. The molecule has 0 atom stereocenters. The molecule has 30 heavy (non-hydrogen) atoms.